The Bertz CT molecular complexity index is 1450. The third-order valence-electron chi connectivity index (χ3n) is 5.54. The smallest absolute Gasteiger partial charge is 0.329 e. The normalized spacial score (nSPS) is 11.6. The summed E-state index contributed by atoms with van der Waals surface area (Å²) in [6, 6.07) is 17.8. The van der Waals surface area contributed by atoms with E-state index in [4.69, 9.17) is 9.47 Å². The maximum Gasteiger partial charge on any atom is 0.329 e. The van der Waals surface area contributed by atoms with Crippen molar-refractivity contribution in [3.05, 3.63) is 72.3 Å². The highest BCUT2D eigenvalue weighted by molar-refractivity contribution is 7.90. The molecule has 0 aliphatic carbocycles. The highest BCUT2D eigenvalue weighted by atomic mass is 32.2. The van der Waals surface area contributed by atoms with Crippen molar-refractivity contribution < 1.29 is 27.5 Å². The third kappa shape index (κ3) is 8.72. The molecule has 0 atom stereocenters. The van der Waals surface area contributed by atoms with Crippen LogP contribution >= 0.6 is 0 Å². The zero-order chi connectivity index (χ0) is 29.5. The third-order valence-corrected chi connectivity index (χ3v) is 6.89. The molecule has 10 nitrogen and oxygen atoms in total. The molecule has 0 unspecified atom stereocenters. The average molecular weight is 569 g/mol. The number of hydrogen-bond acceptors (Lipinski definition) is 7. The number of carbonyl (C=O) groups is 2. The van der Waals surface area contributed by atoms with E-state index in [0.29, 0.717) is 18.8 Å². The summed E-state index contributed by atoms with van der Waals surface area (Å²) in [6.45, 7) is 6.15. The van der Waals surface area contributed by atoms with Crippen LogP contribution < -0.4 is 24.8 Å². The minimum Gasteiger partial charge on any atom is -0.497 e. The van der Waals surface area contributed by atoms with Gasteiger partial charge in [-0.3, -0.25) is 4.79 Å². The van der Waals surface area contributed by atoms with Gasteiger partial charge in [0, 0.05) is 24.2 Å². The van der Waals surface area contributed by atoms with Gasteiger partial charge in [-0.05, 0) is 88.5 Å². The molecule has 0 spiro atoms. The van der Waals surface area contributed by atoms with Gasteiger partial charge in [0.1, 0.15) is 22.1 Å². The number of nitrogens with zero attached hydrogens (tertiary/aromatic N) is 1. The van der Waals surface area contributed by atoms with Crippen molar-refractivity contribution in [1.82, 2.24) is 20.3 Å². The summed E-state index contributed by atoms with van der Waals surface area (Å²) in [5.41, 5.74) is 1.18. The number of carbonyl (C=O) groups excluding carboxylic acids is 2. The van der Waals surface area contributed by atoms with Gasteiger partial charge in [-0.2, -0.15) is 0 Å². The van der Waals surface area contributed by atoms with Gasteiger partial charge in [0.25, 0.3) is 15.9 Å². The van der Waals surface area contributed by atoms with Crippen LogP contribution in [0.25, 0.3) is 11.1 Å². The first kappa shape index (κ1) is 30.5. The summed E-state index contributed by atoms with van der Waals surface area (Å²) in [5, 5.41) is 5.32. The van der Waals surface area contributed by atoms with Crippen LogP contribution in [0.3, 0.4) is 0 Å². The first-order valence-corrected chi connectivity index (χ1v) is 14.1. The molecule has 0 heterocycles. The van der Waals surface area contributed by atoms with Crippen LogP contribution in [0.2, 0.25) is 0 Å². The van der Waals surface area contributed by atoms with Gasteiger partial charge in [-0.1, -0.05) is 24.3 Å². The molecule has 0 fully saturated rings. The summed E-state index contributed by atoms with van der Waals surface area (Å²) >= 11 is 0. The van der Waals surface area contributed by atoms with Crippen molar-refractivity contribution in [2.45, 2.75) is 31.2 Å². The Kier molecular flexibility index (Phi) is 9.78. The molecular formula is C29H36N4O6S. The Morgan fingerprint density at radius 1 is 0.900 bits per heavy atom. The second kappa shape index (κ2) is 12.8. The van der Waals surface area contributed by atoms with Crippen LogP contribution in [0, 0.1) is 0 Å². The zero-order valence-electron chi connectivity index (χ0n) is 23.6. The molecule has 214 valence electrons. The largest absolute Gasteiger partial charge is 0.497 e. The minimum atomic E-state index is -4.43. The summed E-state index contributed by atoms with van der Waals surface area (Å²) in [5.74, 6) is 0.588. The van der Waals surface area contributed by atoms with E-state index in [1.807, 2.05) is 54.0 Å². The van der Waals surface area contributed by atoms with Crippen LogP contribution in [-0.4, -0.2) is 65.1 Å². The van der Waals surface area contributed by atoms with Gasteiger partial charge >= 0.3 is 6.03 Å². The van der Waals surface area contributed by atoms with Gasteiger partial charge in [0.15, 0.2) is 0 Å². The van der Waals surface area contributed by atoms with E-state index in [2.05, 4.69) is 10.6 Å². The number of hydrogen-bond donors (Lipinski definition) is 3. The van der Waals surface area contributed by atoms with Gasteiger partial charge in [0.2, 0.25) is 0 Å². The maximum absolute atomic E-state index is 13.4. The second-order valence-corrected chi connectivity index (χ2v) is 12.0. The van der Waals surface area contributed by atoms with Gasteiger partial charge in [0.05, 0.1) is 7.11 Å². The van der Waals surface area contributed by atoms with Crippen molar-refractivity contribution in [1.29, 1.82) is 0 Å². The first-order chi connectivity index (χ1) is 18.8. The number of sulfonamides is 1. The molecule has 3 aromatic rings. The molecule has 3 rings (SSSR count). The van der Waals surface area contributed by atoms with Crippen molar-refractivity contribution in [3.63, 3.8) is 0 Å². The number of amides is 3. The number of methoxy groups -OCH3 is 1. The molecule has 0 aromatic heterocycles. The summed E-state index contributed by atoms with van der Waals surface area (Å²) in [7, 11) is 0.913. The quantitative estimate of drug-likeness (QED) is 0.334. The van der Waals surface area contributed by atoms with Crippen LogP contribution in [0.4, 0.5) is 4.79 Å². The number of likely N-dealkylation sites (N-methyl/N-ethyl adjacent to an activating group) is 1. The average Bonchev–Trinajstić information content (AvgIpc) is 2.87. The van der Waals surface area contributed by atoms with Crippen molar-refractivity contribution in [2.75, 3.05) is 34.3 Å². The molecule has 3 aromatic carbocycles. The van der Waals surface area contributed by atoms with E-state index >= 15 is 0 Å². The Labute approximate surface area is 235 Å². The van der Waals surface area contributed by atoms with E-state index in [1.165, 1.54) is 18.2 Å². The number of benzene rings is 3. The second-order valence-electron chi connectivity index (χ2n) is 10.4. The molecule has 3 N–H and O–H groups in total. The molecular weight excluding hydrogens is 532 g/mol. The van der Waals surface area contributed by atoms with Gasteiger partial charge in [-0.25, -0.2) is 17.9 Å². The van der Waals surface area contributed by atoms with E-state index in [9.17, 15) is 18.0 Å². The van der Waals surface area contributed by atoms with Crippen LogP contribution in [0.15, 0.2) is 71.6 Å². The van der Waals surface area contributed by atoms with Crippen LogP contribution in [0.1, 0.15) is 31.1 Å². The van der Waals surface area contributed by atoms with E-state index in [1.54, 1.807) is 46.1 Å². The fourth-order valence-corrected chi connectivity index (χ4v) is 4.69. The predicted molar refractivity (Wildman–Crippen MR) is 154 cm³/mol. The summed E-state index contributed by atoms with van der Waals surface area (Å²) < 4.78 is 40.0. The van der Waals surface area contributed by atoms with Gasteiger partial charge < -0.3 is 25.0 Å². The Morgan fingerprint density at radius 2 is 1.60 bits per heavy atom. The van der Waals surface area contributed by atoms with Crippen molar-refractivity contribution in [2.24, 2.45) is 0 Å². The highest BCUT2D eigenvalue weighted by Crippen LogP contribution is 2.32. The van der Waals surface area contributed by atoms with Crippen LogP contribution in [-0.2, 0) is 10.0 Å². The topological polar surface area (TPSA) is 126 Å². The SMILES string of the molecule is COc1ccc(-c2cccc(Oc3ccc(C(=O)NCCN(C)C)cc3S(=O)(=O)NC(=O)NC(C)(C)C)c2)cc1. The lowest BCUT2D eigenvalue weighted by atomic mass is 10.1. The molecule has 0 aliphatic rings. The Hall–Kier alpha value is -4.09. The number of nitrogens with one attached hydrogen (secondary N) is 3. The molecule has 0 saturated carbocycles. The minimum absolute atomic E-state index is 0.0484. The molecule has 0 aliphatic heterocycles. The fourth-order valence-electron chi connectivity index (χ4n) is 3.63. The number of urea groups is 1. The maximum atomic E-state index is 13.4. The van der Waals surface area contributed by atoms with E-state index in [-0.39, 0.29) is 16.2 Å². The van der Waals surface area contributed by atoms with Crippen molar-refractivity contribution in [3.8, 4) is 28.4 Å². The van der Waals surface area contributed by atoms with E-state index in [0.717, 1.165) is 16.9 Å². The molecule has 0 bridgehead atoms. The number of rotatable bonds is 10. The first-order valence-electron chi connectivity index (χ1n) is 12.6. The zero-order valence-corrected chi connectivity index (χ0v) is 24.4. The molecule has 0 radical (unpaired) electrons. The lowest BCUT2D eigenvalue weighted by molar-refractivity contribution is 0.0950. The molecule has 0 saturated heterocycles. The number of ether oxygens (including phenoxy) is 2. The van der Waals surface area contributed by atoms with E-state index < -0.39 is 27.5 Å². The highest BCUT2D eigenvalue weighted by Gasteiger charge is 2.26. The Balaban J connectivity index is 1.96. The fraction of sp³-hybridized carbons (Fsp3) is 0.310. The van der Waals surface area contributed by atoms with Crippen molar-refractivity contribution >= 4 is 22.0 Å². The Morgan fingerprint density at radius 3 is 2.23 bits per heavy atom. The summed E-state index contributed by atoms with van der Waals surface area (Å²) in [4.78, 5) is 26.8. The standard InChI is InChI=1S/C29H36N4O6S/c1-29(2,3)31-28(35)32-40(36,37)26-19-22(27(34)30-16-17-33(4)5)12-15-25(26)39-24-9-7-8-21(18-24)20-10-13-23(38-6)14-11-20/h7-15,18-19H,16-17H2,1-6H3,(H,30,34)(H2,31,32,35). The lowest BCUT2D eigenvalue weighted by Crippen LogP contribution is -2.48. The lowest BCUT2D eigenvalue weighted by Gasteiger charge is -2.21. The van der Waals surface area contributed by atoms with Gasteiger partial charge in [-0.15, -0.1) is 0 Å². The monoisotopic (exact) mass is 568 g/mol. The molecule has 11 heteroatoms. The summed E-state index contributed by atoms with van der Waals surface area (Å²) in [6.07, 6.45) is 0. The molecule has 40 heavy (non-hydrogen) atoms. The molecule has 3 amide bonds. The van der Waals surface area contributed by atoms with Crippen LogP contribution in [0.5, 0.6) is 17.2 Å². The predicted octanol–water partition coefficient (Wildman–Crippen LogP) is 4.23.